The smallest absolute Gasteiger partial charge is 0.334 e. The molecule has 0 heterocycles. The van der Waals surface area contributed by atoms with Crippen molar-refractivity contribution >= 4 is 56.8 Å². The van der Waals surface area contributed by atoms with Crippen molar-refractivity contribution in [2.45, 2.75) is 50.7 Å². The summed E-state index contributed by atoms with van der Waals surface area (Å²) >= 11 is 9.58. The quantitative estimate of drug-likeness (QED) is 0.214. The van der Waals surface area contributed by atoms with Crippen molar-refractivity contribution in [2.75, 3.05) is 16.8 Å². The van der Waals surface area contributed by atoms with Crippen LogP contribution in [-0.2, 0) is 11.3 Å². The van der Waals surface area contributed by atoms with Crippen molar-refractivity contribution < 1.29 is 24.6 Å². The van der Waals surface area contributed by atoms with Crippen LogP contribution in [0.1, 0.15) is 59.5 Å². The highest BCUT2D eigenvalue weighted by Crippen LogP contribution is 2.34. The number of urea groups is 1. The van der Waals surface area contributed by atoms with E-state index < -0.39 is 24.5 Å². The standard InChI is InChI=1S/C30H31BrClN3O5/c31-25-15-12-23(16-26(25)32)34-30(40)35(24-13-10-21(11-14-24)20-4-2-1-3-5-20)18-19-6-8-22(9-7-19)28(37)33-17-27(36)29(38)39/h6-16,20,27,36H,1-5,17-18H2,(H,33,37)(H,34,40)(H,38,39)/t27-/m1/s1. The number of benzene rings is 3. The van der Waals surface area contributed by atoms with Crippen LogP contribution in [0, 0.1) is 0 Å². The number of hydrogen-bond acceptors (Lipinski definition) is 4. The van der Waals surface area contributed by atoms with Gasteiger partial charge in [0.1, 0.15) is 0 Å². The molecule has 3 amide bonds. The maximum atomic E-state index is 13.5. The van der Waals surface area contributed by atoms with E-state index in [0.29, 0.717) is 22.2 Å². The zero-order valence-electron chi connectivity index (χ0n) is 21.8. The summed E-state index contributed by atoms with van der Waals surface area (Å²) < 4.78 is 0.726. The number of carboxylic acids is 1. The lowest BCUT2D eigenvalue weighted by molar-refractivity contribution is -0.146. The highest BCUT2D eigenvalue weighted by atomic mass is 79.9. The van der Waals surface area contributed by atoms with Crippen LogP contribution in [0.5, 0.6) is 0 Å². The summed E-state index contributed by atoms with van der Waals surface area (Å²) in [6, 6.07) is 19.6. The van der Waals surface area contributed by atoms with E-state index in [-0.39, 0.29) is 12.6 Å². The minimum atomic E-state index is -1.68. The van der Waals surface area contributed by atoms with Gasteiger partial charge in [0.15, 0.2) is 6.10 Å². The molecule has 1 atom stereocenters. The number of carbonyl (C=O) groups is 3. The molecule has 0 unspecified atom stereocenters. The second-order valence-corrected chi connectivity index (χ2v) is 11.1. The summed E-state index contributed by atoms with van der Waals surface area (Å²) in [7, 11) is 0. The number of nitrogens with zero attached hydrogens (tertiary/aromatic N) is 1. The van der Waals surface area contributed by atoms with Crippen molar-refractivity contribution in [2.24, 2.45) is 0 Å². The minimum Gasteiger partial charge on any atom is -0.479 e. The first-order valence-electron chi connectivity index (χ1n) is 13.1. The fourth-order valence-corrected chi connectivity index (χ4v) is 5.16. The summed E-state index contributed by atoms with van der Waals surface area (Å²) in [6.45, 7) is -0.167. The summed E-state index contributed by atoms with van der Waals surface area (Å²) in [5, 5.41) is 24.0. The minimum absolute atomic E-state index is 0.235. The fraction of sp³-hybridized carbons (Fsp3) is 0.300. The molecule has 1 aliphatic rings. The number of anilines is 2. The van der Waals surface area contributed by atoms with Gasteiger partial charge in [0.05, 0.1) is 18.1 Å². The van der Waals surface area contributed by atoms with Gasteiger partial charge in [0, 0.05) is 21.4 Å². The molecule has 10 heteroatoms. The van der Waals surface area contributed by atoms with E-state index in [4.69, 9.17) is 16.7 Å². The zero-order valence-corrected chi connectivity index (χ0v) is 24.1. The molecule has 8 nitrogen and oxygen atoms in total. The number of aliphatic hydroxyl groups excluding tert-OH is 1. The Morgan fingerprint density at radius 3 is 2.27 bits per heavy atom. The molecule has 0 bridgehead atoms. The van der Waals surface area contributed by atoms with Crippen molar-refractivity contribution in [1.29, 1.82) is 0 Å². The van der Waals surface area contributed by atoms with Gasteiger partial charge in [-0.05, 0) is 88.3 Å². The Morgan fingerprint density at radius 2 is 1.65 bits per heavy atom. The maximum Gasteiger partial charge on any atom is 0.334 e. The van der Waals surface area contributed by atoms with Gasteiger partial charge in [-0.3, -0.25) is 9.69 Å². The SMILES string of the molecule is O=C(NC[C@@H](O)C(=O)O)c1ccc(CN(C(=O)Nc2ccc(Br)c(Cl)c2)c2ccc(C3CCCCC3)cc2)cc1. The van der Waals surface area contributed by atoms with Gasteiger partial charge in [0.25, 0.3) is 5.91 Å². The van der Waals surface area contributed by atoms with Crippen LogP contribution in [0.15, 0.2) is 71.2 Å². The van der Waals surface area contributed by atoms with Crippen molar-refractivity contribution in [3.63, 3.8) is 0 Å². The van der Waals surface area contributed by atoms with Crippen LogP contribution in [0.2, 0.25) is 5.02 Å². The molecule has 40 heavy (non-hydrogen) atoms. The van der Waals surface area contributed by atoms with Gasteiger partial charge in [-0.1, -0.05) is 55.1 Å². The van der Waals surface area contributed by atoms with Crippen molar-refractivity contribution in [1.82, 2.24) is 5.32 Å². The van der Waals surface area contributed by atoms with E-state index in [1.54, 1.807) is 47.4 Å². The number of rotatable bonds is 9. The van der Waals surface area contributed by atoms with E-state index in [9.17, 15) is 19.5 Å². The lowest BCUT2D eigenvalue weighted by Gasteiger charge is -2.26. The Kier molecular flexibility index (Phi) is 10.2. The summed E-state index contributed by atoms with van der Waals surface area (Å²) in [6.07, 6.45) is 4.45. The average molecular weight is 629 g/mol. The lowest BCUT2D eigenvalue weighted by atomic mass is 9.84. The van der Waals surface area contributed by atoms with E-state index in [1.807, 2.05) is 12.1 Å². The number of carbonyl (C=O) groups excluding carboxylic acids is 2. The first kappa shape index (κ1) is 29.6. The second kappa shape index (κ2) is 13.8. The number of aliphatic carboxylic acids is 1. The third-order valence-corrected chi connectivity index (χ3v) is 8.23. The van der Waals surface area contributed by atoms with E-state index in [2.05, 4.69) is 38.7 Å². The Hall–Kier alpha value is -3.40. The maximum absolute atomic E-state index is 13.5. The number of nitrogens with one attached hydrogen (secondary N) is 2. The highest BCUT2D eigenvalue weighted by molar-refractivity contribution is 9.10. The largest absolute Gasteiger partial charge is 0.479 e. The molecule has 1 saturated carbocycles. The van der Waals surface area contributed by atoms with Crippen LogP contribution in [-0.4, -0.2) is 40.8 Å². The third kappa shape index (κ3) is 7.84. The Balaban J connectivity index is 1.52. The summed E-state index contributed by atoms with van der Waals surface area (Å²) in [4.78, 5) is 38.2. The number of hydrogen-bond donors (Lipinski definition) is 4. The molecule has 0 aromatic heterocycles. The van der Waals surface area contributed by atoms with Gasteiger partial charge in [-0.15, -0.1) is 0 Å². The topological polar surface area (TPSA) is 119 Å². The number of aliphatic hydroxyl groups is 1. The second-order valence-electron chi connectivity index (χ2n) is 9.83. The Labute approximate surface area is 246 Å². The van der Waals surface area contributed by atoms with Crippen LogP contribution >= 0.6 is 27.5 Å². The molecule has 210 valence electrons. The molecule has 4 rings (SSSR count). The average Bonchev–Trinajstić information content (AvgIpc) is 2.97. The predicted molar refractivity (Wildman–Crippen MR) is 159 cm³/mol. The van der Waals surface area contributed by atoms with Crippen LogP contribution in [0.25, 0.3) is 0 Å². The molecule has 3 aromatic rings. The van der Waals surface area contributed by atoms with Gasteiger partial charge >= 0.3 is 12.0 Å². The van der Waals surface area contributed by atoms with E-state index in [1.165, 1.54) is 37.7 Å². The van der Waals surface area contributed by atoms with Crippen LogP contribution in [0.4, 0.5) is 16.2 Å². The molecule has 4 N–H and O–H groups in total. The summed E-state index contributed by atoms with van der Waals surface area (Å²) in [5.74, 6) is -1.37. The van der Waals surface area contributed by atoms with Gasteiger partial charge in [-0.25, -0.2) is 9.59 Å². The third-order valence-electron chi connectivity index (χ3n) is 7.00. The molecular formula is C30H31BrClN3O5. The normalized spacial score (nSPS) is 14.3. The molecule has 0 spiro atoms. The monoisotopic (exact) mass is 627 g/mol. The van der Waals surface area contributed by atoms with Gasteiger partial charge in [-0.2, -0.15) is 0 Å². The first-order chi connectivity index (χ1) is 19.2. The highest BCUT2D eigenvalue weighted by Gasteiger charge is 2.20. The molecule has 0 saturated heterocycles. The fourth-order valence-electron chi connectivity index (χ4n) is 4.73. The molecule has 1 fully saturated rings. The first-order valence-corrected chi connectivity index (χ1v) is 14.3. The predicted octanol–water partition coefficient (Wildman–Crippen LogP) is 6.56. The Morgan fingerprint density at radius 1 is 0.975 bits per heavy atom. The van der Waals surface area contributed by atoms with Crippen molar-refractivity contribution in [3.05, 3.63) is 92.9 Å². The number of halogens is 2. The molecule has 0 aliphatic heterocycles. The summed E-state index contributed by atoms with van der Waals surface area (Å²) in [5.41, 5.74) is 3.65. The van der Waals surface area contributed by atoms with Gasteiger partial charge in [0.2, 0.25) is 0 Å². The lowest BCUT2D eigenvalue weighted by Crippen LogP contribution is -2.36. The van der Waals surface area contributed by atoms with Gasteiger partial charge < -0.3 is 20.8 Å². The van der Waals surface area contributed by atoms with Crippen LogP contribution in [0.3, 0.4) is 0 Å². The van der Waals surface area contributed by atoms with Crippen LogP contribution < -0.4 is 15.5 Å². The number of carboxylic acid groups (broad SMARTS) is 1. The van der Waals surface area contributed by atoms with E-state index >= 15 is 0 Å². The molecule has 3 aromatic carbocycles. The van der Waals surface area contributed by atoms with E-state index in [0.717, 1.165) is 15.7 Å². The molecule has 0 radical (unpaired) electrons. The van der Waals surface area contributed by atoms with Crippen molar-refractivity contribution in [3.8, 4) is 0 Å². The Bertz CT molecular complexity index is 1340. The molecular weight excluding hydrogens is 598 g/mol. The number of amides is 3. The zero-order chi connectivity index (χ0) is 28.6. The molecule has 1 aliphatic carbocycles.